The van der Waals surface area contributed by atoms with Gasteiger partial charge >= 0.3 is 5.97 Å². The first-order valence-corrected chi connectivity index (χ1v) is 10.3. The standard InChI is InChI=1S/C22H28N4O4/c1-3-5-9-16(23)21-26-19(13-30-21)20(27)25-18(22(28)29-4-2)11-14-12-24-17-10-7-6-8-15(14)17/h6-8,10,12-13,16,18,24H,3-5,9,11,23H2,1-2H3,(H,25,27). The number of nitrogens with one attached hydrogen (secondary N) is 2. The fraction of sp³-hybridized carbons (Fsp3) is 0.409. The van der Waals surface area contributed by atoms with Crippen LogP contribution in [0.15, 0.2) is 41.1 Å². The summed E-state index contributed by atoms with van der Waals surface area (Å²) < 4.78 is 10.5. The van der Waals surface area contributed by atoms with Gasteiger partial charge in [0.2, 0.25) is 5.89 Å². The van der Waals surface area contributed by atoms with Crippen LogP contribution in [0.3, 0.4) is 0 Å². The molecule has 8 nitrogen and oxygen atoms in total. The van der Waals surface area contributed by atoms with Crippen molar-refractivity contribution in [3.63, 3.8) is 0 Å². The maximum absolute atomic E-state index is 12.7. The number of rotatable bonds is 10. The number of fused-ring (bicyclic) bond motifs is 1. The second-order valence-electron chi connectivity index (χ2n) is 7.16. The summed E-state index contributed by atoms with van der Waals surface area (Å²) >= 11 is 0. The average molecular weight is 412 g/mol. The number of aromatic nitrogens is 2. The van der Waals surface area contributed by atoms with E-state index in [9.17, 15) is 9.59 Å². The number of ether oxygens (including phenoxy) is 1. The Morgan fingerprint density at radius 3 is 2.87 bits per heavy atom. The van der Waals surface area contributed by atoms with Crippen LogP contribution < -0.4 is 11.1 Å². The van der Waals surface area contributed by atoms with Crippen molar-refractivity contribution in [3.8, 4) is 0 Å². The van der Waals surface area contributed by atoms with Crippen molar-refractivity contribution in [2.24, 2.45) is 5.73 Å². The molecule has 0 spiro atoms. The van der Waals surface area contributed by atoms with Crippen LogP contribution in [0.5, 0.6) is 0 Å². The number of hydrogen-bond acceptors (Lipinski definition) is 6. The van der Waals surface area contributed by atoms with Crippen LogP contribution in [0.1, 0.15) is 61.1 Å². The summed E-state index contributed by atoms with van der Waals surface area (Å²) in [5, 5.41) is 3.72. The van der Waals surface area contributed by atoms with E-state index in [0.717, 1.165) is 35.7 Å². The van der Waals surface area contributed by atoms with Crippen molar-refractivity contribution in [1.29, 1.82) is 0 Å². The zero-order valence-electron chi connectivity index (χ0n) is 17.3. The van der Waals surface area contributed by atoms with E-state index in [1.165, 1.54) is 6.26 Å². The van der Waals surface area contributed by atoms with Crippen molar-refractivity contribution in [1.82, 2.24) is 15.3 Å². The Kier molecular flexibility index (Phi) is 7.24. The number of carbonyl (C=O) groups excluding carboxylic acids is 2. The molecule has 1 amide bonds. The Labute approximate surface area is 175 Å². The molecule has 0 aliphatic heterocycles. The van der Waals surface area contributed by atoms with E-state index in [2.05, 4.69) is 22.2 Å². The van der Waals surface area contributed by atoms with Gasteiger partial charge in [-0.2, -0.15) is 0 Å². The molecule has 0 saturated carbocycles. The lowest BCUT2D eigenvalue weighted by molar-refractivity contribution is -0.145. The Hall–Kier alpha value is -3.13. The van der Waals surface area contributed by atoms with E-state index < -0.39 is 17.9 Å². The first kappa shape index (κ1) is 21.6. The third kappa shape index (κ3) is 5.07. The molecule has 3 rings (SSSR count). The Morgan fingerprint density at radius 1 is 1.30 bits per heavy atom. The lowest BCUT2D eigenvalue weighted by Gasteiger charge is -2.16. The highest BCUT2D eigenvalue weighted by molar-refractivity contribution is 5.95. The smallest absolute Gasteiger partial charge is 0.328 e. The van der Waals surface area contributed by atoms with E-state index >= 15 is 0 Å². The lowest BCUT2D eigenvalue weighted by Crippen LogP contribution is -2.43. The van der Waals surface area contributed by atoms with Crippen LogP contribution in [0.25, 0.3) is 10.9 Å². The molecule has 3 aromatic rings. The normalized spacial score (nSPS) is 13.2. The highest BCUT2D eigenvalue weighted by Crippen LogP contribution is 2.20. The highest BCUT2D eigenvalue weighted by Gasteiger charge is 2.26. The molecular weight excluding hydrogens is 384 g/mol. The first-order valence-electron chi connectivity index (χ1n) is 10.3. The number of amides is 1. The molecule has 2 aromatic heterocycles. The van der Waals surface area contributed by atoms with Crippen LogP contribution in [0.2, 0.25) is 0 Å². The third-order valence-electron chi connectivity index (χ3n) is 4.92. The largest absolute Gasteiger partial charge is 0.464 e. The van der Waals surface area contributed by atoms with Gasteiger partial charge in [0, 0.05) is 23.5 Å². The number of hydrogen-bond donors (Lipinski definition) is 3. The molecule has 4 N–H and O–H groups in total. The molecule has 0 bridgehead atoms. The number of para-hydroxylation sites is 1. The first-order chi connectivity index (χ1) is 14.5. The van der Waals surface area contributed by atoms with Crippen molar-refractivity contribution >= 4 is 22.8 Å². The molecule has 1 aromatic carbocycles. The summed E-state index contributed by atoms with van der Waals surface area (Å²) in [6.07, 6.45) is 6.07. The van der Waals surface area contributed by atoms with E-state index in [4.69, 9.17) is 14.9 Å². The molecule has 160 valence electrons. The average Bonchev–Trinajstić information content (AvgIpc) is 3.39. The van der Waals surface area contributed by atoms with Gasteiger partial charge in [-0.15, -0.1) is 0 Å². The number of aromatic amines is 1. The minimum atomic E-state index is -0.856. The molecule has 8 heteroatoms. The Morgan fingerprint density at radius 2 is 2.10 bits per heavy atom. The fourth-order valence-electron chi connectivity index (χ4n) is 3.30. The van der Waals surface area contributed by atoms with E-state index in [1.807, 2.05) is 30.5 Å². The second kappa shape index (κ2) is 10.1. The predicted molar refractivity (Wildman–Crippen MR) is 113 cm³/mol. The molecule has 2 heterocycles. The van der Waals surface area contributed by atoms with E-state index in [-0.39, 0.29) is 24.8 Å². The number of unbranched alkanes of at least 4 members (excludes halogenated alkanes) is 1. The van der Waals surface area contributed by atoms with Gasteiger partial charge in [-0.05, 0) is 25.0 Å². The van der Waals surface area contributed by atoms with Crippen molar-refractivity contribution < 1.29 is 18.7 Å². The maximum atomic E-state index is 12.7. The number of H-pyrrole nitrogens is 1. The number of nitrogens with zero attached hydrogens (tertiary/aromatic N) is 1. The fourth-order valence-corrected chi connectivity index (χ4v) is 3.30. The SMILES string of the molecule is CCCCC(N)c1nc(C(=O)NC(Cc2c[nH]c3ccccc23)C(=O)OCC)co1. The molecule has 2 atom stereocenters. The van der Waals surface area contributed by atoms with E-state index in [1.54, 1.807) is 6.92 Å². The topological polar surface area (TPSA) is 123 Å². The van der Waals surface area contributed by atoms with Gasteiger partial charge in [0.15, 0.2) is 5.69 Å². The van der Waals surface area contributed by atoms with Gasteiger partial charge in [0.05, 0.1) is 12.6 Å². The lowest BCUT2D eigenvalue weighted by atomic mass is 10.0. The maximum Gasteiger partial charge on any atom is 0.328 e. The summed E-state index contributed by atoms with van der Waals surface area (Å²) in [4.78, 5) is 32.6. The van der Waals surface area contributed by atoms with Gasteiger partial charge in [-0.25, -0.2) is 9.78 Å². The summed E-state index contributed by atoms with van der Waals surface area (Å²) in [7, 11) is 0. The zero-order valence-corrected chi connectivity index (χ0v) is 17.3. The van der Waals surface area contributed by atoms with Crippen molar-refractivity contribution in [2.45, 2.75) is 51.6 Å². The second-order valence-corrected chi connectivity index (χ2v) is 7.16. The monoisotopic (exact) mass is 412 g/mol. The van der Waals surface area contributed by atoms with Gasteiger partial charge in [-0.3, -0.25) is 4.79 Å². The molecule has 0 saturated heterocycles. The van der Waals surface area contributed by atoms with Gasteiger partial charge < -0.3 is 25.2 Å². The summed E-state index contributed by atoms with van der Waals surface area (Å²) in [6.45, 7) is 4.02. The molecule has 0 fully saturated rings. The van der Waals surface area contributed by atoms with Crippen LogP contribution in [0.4, 0.5) is 0 Å². The quantitative estimate of drug-likeness (QED) is 0.439. The van der Waals surface area contributed by atoms with Crippen molar-refractivity contribution in [3.05, 3.63) is 53.9 Å². The summed E-state index contributed by atoms with van der Waals surface area (Å²) in [5.41, 5.74) is 8.02. The molecule has 2 unspecified atom stereocenters. The summed E-state index contributed by atoms with van der Waals surface area (Å²) in [6, 6.07) is 6.56. The minimum absolute atomic E-state index is 0.0881. The number of benzene rings is 1. The van der Waals surface area contributed by atoms with Crippen LogP contribution in [-0.4, -0.2) is 34.5 Å². The van der Waals surface area contributed by atoms with Gasteiger partial charge in [0.25, 0.3) is 5.91 Å². The van der Waals surface area contributed by atoms with E-state index in [0.29, 0.717) is 5.89 Å². The number of esters is 1. The Bertz CT molecular complexity index is 994. The van der Waals surface area contributed by atoms with Gasteiger partial charge in [0.1, 0.15) is 12.3 Å². The number of carbonyl (C=O) groups is 2. The Balaban J connectivity index is 1.74. The van der Waals surface area contributed by atoms with Crippen LogP contribution in [0, 0.1) is 0 Å². The molecular formula is C22H28N4O4. The minimum Gasteiger partial charge on any atom is -0.464 e. The molecule has 0 aliphatic rings. The van der Waals surface area contributed by atoms with Crippen LogP contribution in [-0.2, 0) is 16.0 Å². The van der Waals surface area contributed by atoms with Gasteiger partial charge in [-0.1, -0.05) is 38.0 Å². The summed E-state index contributed by atoms with van der Waals surface area (Å²) in [5.74, 6) is -0.692. The predicted octanol–water partition coefficient (Wildman–Crippen LogP) is 3.25. The molecule has 0 aliphatic carbocycles. The molecule has 0 radical (unpaired) electrons. The number of oxazole rings is 1. The van der Waals surface area contributed by atoms with Crippen LogP contribution >= 0.6 is 0 Å². The third-order valence-corrected chi connectivity index (χ3v) is 4.92. The number of nitrogens with two attached hydrogens (primary N) is 1. The molecule has 30 heavy (non-hydrogen) atoms. The highest BCUT2D eigenvalue weighted by atomic mass is 16.5. The van der Waals surface area contributed by atoms with Crippen molar-refractivity contribution in [2.75, 3.05) is 6.61 Å². The zero-order chi connectivity index (χ0) is 21.5.